The van der Waals surface area contributed by atoms with Crippen molar-refractivity contribution in [2.24, 2.45) is 17.6 Å². The Bertz CT molecular complexity index is 1000. The fourth-order valence-electron chi connectivity index (χ4n) is 5.13. The van der Waals surface area contributed by atoms with Crippen LogP contribution in [0, 0.1) is 11.8 Å². The van der Waals surface area contributed by atoms with Crippen molar-refractivity contribution in [3.8, 4) is 0 Å². The van der Waals surface area contributed by atoms with Crippen LogP contribution in [0.25, 0.3) is 0 Å². The molecule has 6 heteroatoms. The van der Waals surface area contributed by atoms with Crippen LogP contribution < -0.4 is 5.73 Å². The lowest BCUT2D eigenvalue weighted by atomic mass is 9.84. The molecule has 1 heterocycles. The van der Waals surface area contributed by atoms with Gasteiger partial charge in [-0.25, -0.2) is 8.42 Å². The molecule has 1 saturated carbocycles. The number of rotatable bonds is 6. The van der Waals surface area contributed by atoms with Crippen LogP contribution in [0.4, 0.5) is 0 Å². The van der Waals surface area contributed by atoms with Gasteiger partial charge < -0.3 is 15.7 Å². The fourth-order valence-corrected chi connectivity index (χ4v) is 6.90. The van der Waals surface area contributed by atoms with Crippen molar-refractivity contribution < 1.29 is 13.5 Å². The number of allylic oxidation sites excluding steroid dienone is 4. The van der Waals surface area contributed by atoms with Gasteiger partial charge in [0.05, 0.1) is 10.2 Å². The third kappa shape index (κ3) is 5.44. The number of likely N-dealkylation sites (tertiary alicyclic amines) is 1. The maximum Gasteiger partial charge on any atom is 0.181 e. The number of aliphatic hydroxyl groups excluding tert-OH is 1. The van der Waals surface area contributed by atoms with Gasteiger partial charge in [0, 0.05) is 30.8 Å². The molecule has 0 aromatic heterocycles. The van der Waals surface area contributed by atoms with Gasteiger partial charge in [-0.05, 0) is 74.7 Å². The SMILES string of the molecule is NC(O)C1CCN(C2=CC=C(S(=O)(=O)C3CCC(Cc4ccccc4)CC3)C=C=C2)CC1. The van der Waals surface area contributed by atoms with E-state index in [1.165, 1.54) is 5.56 Å². The van der Waals surface area contributed by atoms with E-state index in [0.29, 0.717) is 10.8 Å². The zero-order valence-electron chi connectivity index (χ0n) is 18.6. The third-order valence-electron chi connectivity index (χ3n) is 7.19. The summed E-state index contributed by atoms with van der Waals surface area (Å²) in [7, 11) is -3.37. The van der Waals surface area contributed by atoms with E-state index in [-0.39, 0.29) is 11.2 Å². The topological polar surface area (TPSA) is 83.6 Å². The van der Waals surface area contributed by atoms with E-state index >= 15 is 0 Å². The second kappa shape index (κ2) is 10.2. The number of nitrogens with two attached hydrogens (primary N) is 1. The molecule has 5 nitrogen and oxygen atoms in total. The molecule has 1 aliphatic heterocycles. The number of benzene rings is 1. The van der Waals surface area contributed by atoms with Crippen molar-refractivity contribution in [3.63, 3.8) is 0 Å². The second-order valence-electron chi connectivity index (χ2n) is 9.31. The normalized spacial score (nSPS) is 25.8. The predicted octanol–water partition coefficient (Wildman–Crippen LogP) is 3.68. The molecule has 1 atom stereocenters. The number of sulfone groups is 1. The number of aliphatic hydroxyl groups is 1. The van der Waals surface area contributed by atoms with Crippen LogP contribution in [-0.2, 0) is 16.3 Å². The first-order chi connectivity index (χ1) is 15.4. The Morgan fingerprint density at radius 3 is 2.34 bits per heavy atom. The Labute approximate surface area is 191 Å². The maximum atomic E-state index is 13.3. The van der Waals surface area contributed by atoms with Crippen LogP contribution in [-0.4, -0.2) is 43.0 Å². The Morgan fingerprint density at radius 1 is 1.00 bits per heavy atom. The second-order valence-corrected chi connectivity index (χ2v) is 11.5. The lowest BCUT2D eigenvalue weighted by Gasteiger charge is -2.34. The van der Waals surface area contributed by atoms with Crippen molar-refractivity contribution in [1.82, 2.24) is 4.90 Å². The van der Waals surface area contributed by atoms with Crippen LogP contribution >= 0.6 is 0 Å². The van der Waals surface area contributed by atoms with E-state index in [1.807, 2.05) is 18.2 Å². The summed E-state index contributed by atoms with van der Waals surface area (Å²) >= 11 is 0. The number of hydrogen-bond acceptors (Lipinski definition) is 5. The summed E-state index contributed by atoms with van der Waals surface area (Å²) in [5.74, 6) is 0.685. The molecule has 3 N–H and O–H groups in total. The number of piperidine rings is 1. The highest BCUT2D eigenvalue weighted by molar-refractivity contribution is 7.96. The highest BCUT2D eigenvalue weighted by Crippen LogP contribution is 2.34. The molecule has 0 bridgehead atoms. The molecule has 2 fully saturated rings. The van der Waals surface area contributed by atoms with Crippen molar-refractivity contribution in [2.45, 2.75) is 56.4 Å². The molecular weight excluding hydrogens is 420 g/mol. The summed E-state index contributed by atoms with van der Waals surface area (Å²) < 4.78 is 26.6. The Hall–Kier alpha value is -2.11. The summed E-state index contributed by atoms with van der Waals surface area (Å²) in [6, 6.07) is 10.5. The van der Waals surface area contributed by atoms with Crippen LogP contribution in [0.15, 0.2) is 71.0 Å². The van der Waals surface area contributed by atoms with Gasteiger partial charge >= 0.3 is 0 Å². The standard InChI is InChI=1S/C26H34N2O3S/c27-26(29)22-15-17-28(18-16-22)23-7-4-8-24(14-11-23)32(30,31)25-12-9-21(10-13-25)19-20-5-2-1-3-6-20/h1-3,5-8,11,14,21-22,25-26,29H,9-10,12-13,15-19,27H2. The van der Waals surface area contributed by atoms with Gasteiger partial charge in [-0.2, -0.15) is 0 Å². The van der Waals surface area contributed by atoms with Crippen LogP contribution in [0.5, 0.6) is 0 Å². The summed E-state index contributed by atoms with van der Waals surface area (Å²) in [6.45, 7) is 1.59. The van der Waals surface area contributed by atoms with E-state index in [2.05, 4.69) is 34.9 Å². The van der Waals surface area contributed by atoms with Gasteiger partial charge in [-0.1, -0.05) is 30.3 Å². The average Bonchev–Trinajstić information content (AvgIpc) is 3.07. The van der Waals surface area contributed by atoms with Crippen molar-refractivity contribution in [2.75, 3.05) is 13.1 Å². The molecule has 0 spiro atoms. The van der Waals surface area contributed by atoms with Crippen molar-refractivity contribution in [1.29, 1.82) is 0 Å². The molecule has 32 heavy (non-hydrogen) atoms. The van der Waals surface area contributed by atoms with E-state index < -0.39 is 16.1 Å². The van der Waals surface area contributed by atoms with Gasteiger partial charge in [0.15, 0.2) is 9.84 Å². The van der Waals surface area contributed by atoms with Crippen LogP contribution in [0.1, 0.15) is 44.1 Å². The van der Waals surface area contributed by atoms with E-state index in [0.717, 1.165) is 63.7 Å². The predicted molar refractivity (Wildman–Crippen MR) is 128 cm³/mol. The molecule has 1 aromatic rings. The highest BCUT2D eigenvalue weighted by atomic mass is 32.2. The summed E-state index contributed by atoms with van der Waals surface area (Å²) in [5, 5.41) is 9.29. The molecule has 0 radical (unpaired) electrons. The average molecular weight is 455 g/mol. The first kappa shape index (κ1) is 23.1. The summed E-state index contributed by atoms with van der Waals surface area (Å²) in [6.07, 6.45) is 12.4. The first-order valence-electron chi connectivity index (χ1n) is 11.7. The highest BCUT2D eigenvalue weighted by Gasteiger charge is 2.33. The molecule has 172 valence electrons. The minimum Gasteiger partial charge on any atom is -0.379 e. The molecular formula is C26H34N2O3S. The molecule has 1 aromatic carbocycles. The summed E-state index contributed by atoms with van der Waals surface area (Å²) in [5.41, 5.74) is 11.0. The quantitative estimate of drug-likeness (QED) is 0.506. The molecule has 0 amide bonds. The van der Waals surface area contributed by atoms with Gasteiger partial charge in [0.25, 0.3) is 0 Å². The van der Waals surface area contributed by atoms with Gasteiger partial charge in [0.2, 0.25) is 0 Å². The zero-order chi connectivity index (χ0) is 22.6. The molecule has 1 saturated heterocycles. The van der Waals surface area contributed by atoms with Gasteiger partial charge in [-0.15, -0.1) is 5.73 Å². The Morgan fingerprint density at radius 2 is 1.69 bits per heavy atom. The molecule has 4 rings (SSSR count). The third-order valence-corrected chi connectivity index (χ3v) is 9.45. The Balaban J connectivity index is 1.37. The minimum atomic E-state index is -3.37. The lowest BCUT2D eigenvalue weighted by molar-refractivity contribution is 0.0736. The minimum absolute atomic E-state index is 0.126. The van der Waals surface area contributed by atoms with E-state index in [9.17, 15) is 13.5 Å². The molecule has 1 unspecified atom stereocenters. The zero-order valence-corrected chi connectivity index (χ0v) is 19.4. The molecule has 2 aliphatic carbocycles. The monoisotopic (exact) mass is 454 g/mol. The van der Waals surface area contributed by atoms with Gasteiger partial charge in [0.1, 0.15) is 6.23 Å². The molecule has 3 aliphatic rings. The Kier molecular flexibility index (Phi) is 7.37. The first-order valence-corrected chi connectivity index (χ1v) is 13.3. The largest absolute Gasteiger partial charge is 0.379 e. The van der Waals surface area contributed by atoms with E-state index in [1.54, 1.807) is 12.2 Å². The van der Waals surface area contributed by atoms with Crippen molar-refractivity contribution >= 4 is 9.84 Å². The lowest BCUT2D eigenvalue weighted by Crippen LogP contribution is -2.40. The van der Waals surface area contributed by atoms with Crippen molar-refractivity contribution in [3.05, 3.63) is 76.5 Å². The van der Waals surface area contributed by atoms with Crippen LogP contribution in [0.3, 0.4) is 0 Å². The number of hydrogen-bond donors (Lipinski definition) is 2. The fraction of sp³-hybridized carbons (Fsp3) is 0.500. The summed E-state index contributed by atoms with van der Waals surface area (Å²) in [4.78, 5) is 2.57. The van der Waals surface area contributed by atoms with Crippen LogP contribution in [0.2, 0.25) is 0 Å². The maximum absolute atomic E-state index is 13.3. The van der Waals surface area contributed by atoms with Gasteiger partial charge in [-0.3, -0.25) is 0 Å². The number of nitrogens with zero attached hydrogens (tertiary/aromatic N) is 1. The smallest absolute Gasteiger partial charge is 0.181 e. The van der Waals surface area contributed by atoms with E-state index in [4.69, 9.17) is 5.73 Å².